The lowest BCUT2D eigenvalue weighted by atomic mass is 9.98. The van der Waals surface area contributed by atoms with Gasteiger partial charge in [0.05, 0.1) is 12.0 Å². The van der Waals surface area contributed by atoms with Crippen LogP contribution in [0.25, 0.3) is 0 Å². The molecule has 1 amide bonds. The summed E-state index contributed by atoms with van der Waals surface area (Å²) in [5, 5.41) is 6.32. The van der Waals surface area contributed by atoms with Crippen LogP contribution in [0, 0.1) is 5.92 Å². The number of aromatic nitrogens is 1. The van der Waals surface area contributed by atoms with Crippen molar-refractivity contribution in [3.8, 4) is 0 Å². The monoisotopic (exact) mass is 233 g/mol. The highest BCUT2D eigenvalue weighted by Gasteiger charge is 2.22. The van der Waals surface area contributed by atoms with Crippen molar-refractivity contribution in [1.29, 1.82) is 0 Å². The molecule has 2 N–H and O–H groups in total. The number of pyridine rings is 1. The number of piperidine rings is 1. The van der Waals surface area contributed by atoms with Gasteiger partial charge in [0.2, 0.25) is 5.91 Å². The summed E-state index contributed by atoms with van der Waals surface area (Å²) in [6, 6.07) is 3.92. The summed E-state index contributed by atoms with van der Waals surface area (Å²) in [7, 11) is 0. The van der Waals surface area contributed by atoms with Crippen LogP contribution in [0.3, 0.4) is 0 Å². The summed E-state index contributed by atoms with van der Waals surface area (Å²) < 4.78 is 0. The van der Waals surface area contributed by atoms with Gasteiger partial charge in [-0.3, -0.25) is 9.78 Å². The second-order valence-electron chi connectivity index (χ2n) is 4.55. The quantitative estimate of drug-likeness (QED) is 0.826. The molecule has 0 saturated carbocycles. The lowest BCUT2D eigenvalue weighted by Gasteiger charge is -2.24. The fraction of sp³-hybridized carbons (Fsp3) is 0.538. The number of amides is 1. The fourth-order valence-electron chi connectivity index (χ4n) is 2.14. The van der Waals surface area contributed by atoms with E-state index >= 15 is 0 Å². The Hall–Kier alpha value is -1.42. The van der Waals surface area contributed by atoms with Gasteiger partial charge in [-0.1, -0.05) is 0 Å². The number of carbonyl (C=O) groups is 1. The second-order valence-corrected chi connectivity index (χ2v) is 4.55. The molecule has 1 aromatic heterocycles. The highest BCUT2D eigenvalue weighted by atomic mass is 16.1. The molecule has 0 unspecified atom stereocenters. The van der Waals surface area contributed by atoms with E-state index in [0.717, 1.165) is 31.5 Å². The van der Waals surface area contributed by atoms with E-state index in [4.69, 9.17) is 0 Å². The highest BCUT2D eigenvalue weighted by molar-refractivity contribution is 5.79. The molecule has 1 aromatic rings. The molecule has 1 saturated heterocycles. The molecule has 0 aliphatic carbocycles. The first kappa shape index (κ1) is 12.0. The van der Waals surface area contributed by atoms with E-state index < -0.39 is 0 Å². The van der Waals surface area contributed by atoms with Gasteiger partial charge in [-0.2, -0.15) is 0 Å². The Morgan fingerprint density at radius 3 is 2.94 bits per heavy atom. The van der Waals surface area contributed by atoms with Gasteiger partial charge >= 0.3 is 0 Å². The van der Waals surface area contributed by atoms with E-state index in [-0.39, 0.29) is 17.9 Å². The van der Waals surface area contributed by atoms with Crippen LogP contribution in [0.2, 0.25) is 0 Å². The largest absolute Gasteiger partial charge is 0.349 e. The Bertz CT molecular complexity index is 360. The zero-order chi connectivity index (χ0) is 12.1. The molecule has 1 aliphatic heterocycles. The van der Waals surface area contributed by atoms with Gasteiger partial charge in [0.25, 0.3) is 0 Å². The van der Waals surface area contributed by atoms with Gasteiger partial charge in [0.15, 0.2) is 0 Å². The number of rotatable bonds is 3. The predicted molar refractivity (Wildman–Crippen MR) is 66.4 cm³/mol. The van der Waals surface area contributed by atoms with Gasteiger partial charge < -0.3 is 10.6 Å². The minimum atomic E-state index is 0.0485. The minimum Gasteiger partial charge on any atom is -0.349 e. The fourth-order valence-corrected chi connectivity index (χ4v) is 2.14. The highest BCUT2D eigenvalue weighted by Crippen LogP contribution is 2.14. The molecule has 92 valence electrons. The Kier molecular flexibility index (Phi) is 4.09. The Morgan fingerprint density at radius 1 is 1.53 bits per heavy atom. The molecule has 2 atom stereocenters. The third-order valence-corrected chi connectivity index (χ3v) is 3.23. The predicted octanol–water partition coefficient (Wildman–Crippen LogP) is 1.26. The third-order valence-electron chi connectivity index (χ3n) is 3.23. The van der Waals surface area contributed by atoms with Gasteiger partial charge in [0.1, 0.15) is 0 Å². The second kappa shape index (κ2) is 5.77. The van der Waals surface area contributed by atoms with E-state index in [1.165, 1.54) is 0 Å². The summed E-state index contributed by atoms with van der Waals surface area (Å²) >= 11 is 0. The van der Waals surface area contributed by atoms with E-state index in [1.54, 1.807) is 12.4 Å². The summed E-state index contributed by atoms with van der Waals surface area (Å²) in [4.78, 5) is 16.0. The average molecular weight is 233 g/mol. The SMILES string of the molecule is C[C@@H](NC(=O)[C@@H]1CCCNC1)c1ccncc1. The normalized spacial score (nSPS) is 21.8. The first-order valence-corrected chi connectivity index (χ1v) is 6.18. The summed E-state index contributed by atoms with van der Waals surface area (Å²) in [6.45, 7) is 3.84. The van der Waals surface area contributed by atoms with Crippen LogP contribution >= 0.6 is 0 Å². The topological polar surface area (TPSA) is 54.0 Å². The molecule has 0 bridgehead atoms. The van der Waals surface area contributed by atoms with Crippen molar-refractivity contribution in [2.24, 2.45) is 5.92 Å². The van der Waals surface area contributed by atoms with Crippen molar-refractivity contribution in [1.82, 2.24) is 15.6 Å². The number of hydrogen-bond acceptors (Lipinski definition) is 3. The number of nitrogens with one attached hydrogen (secondary N) is 2. The molecular weight excluding hydrogens is 214 g/mol. The Balaban J connectivity index is 1.89. The molecule has 4 nitrogen and oxygen atoms in total. The third kappa shape index (κ3) is 3.27. The zero-order valence-corrected chi connectivity index (χ0v) is 10.1. The maximum absolute atomic E-state index is 12.0. The molecule has 2 rings (SSSR count). The van der Waals surface area contributed by atoms with Crippen LogP contribution in [0.5, 0.6) is 0 Å². The summed E-state index contributed by atoms with van der Waals surface area (Å²) in [5.41, 5.74) is 1.09. The van der Waals surface area contributed by atoms with Gasteiger partial charge in [0, 0.05) is 18.9 Å². The molecule has 1 aliphatic rings. The summed E-state index contributed by atoms with van der Waals surface area (Å²) in [6.07, 6.45) is 5.57. The van der Waals surface area contributed by atoms with Gasteiger partial charge in [-0.25, -0.2) is 0 Å². The molecule has 2 heterocycles. The Labute approximate surface area is 102 Å². The van der Waals surface area contributed by atoms with E-state index in [0.29, 0.717) is 0 Å². The van der Waals surface area contributed by atoms with Gasteiger partial charge in [-0.15, -0.1) is 0 Å². The average Bonchev–Trinajstić information content (AvgIpc) is 2.40. The molecule has 4 heteroatoms. The number of carbonyl (C=O) groups excluding carboxylic acids is 1. The molecule has 0 aromatic carbocycles. The molecule has 0 spiro atoms. The molecule has 17 heavy (non-hydrogen) atoms. The van der Waals surface area contributed by atoms with Crippen molar-refractivity contribution >= 4 is 5.91 Å². The van der Waals surface area contributed by atoms with E-state index in [9.17, 15) is 4.79 Å². The lowest BCUT2D eigenvalue weighted by molar-refractivity contribution is -0.126. The maximum atomic E-state index is 12.0. The van der Waals surface area contributed by atoms with Crippen LogP contribution < -0.4 is 10.6 Å². The minimum absolute atomic E-state index is 0.0485. The molecule has 1 fully saturated rings. The van der Waals surface area contributed by atoms with Crippen molar-refractivity contribution in [3.05, 3.63) is 30.1 Å². The standard InChI is InChI=1S/C13H19N3O/c1-10(11-4-7-14-8-5-11)16-13(17)12-3-2-6-15-9-12/h4-5,7-8,10,12,15H,2-3,6,9H2,1H3,(H,16,17)/t10-,12-/m1/s1. The Morgan fingerprint density at radius 2 is 2.29 bits per heavy atom. The van der Waals surface area contributed by atoms with Crippen molar-refractivity contribution in [3.63, 3.8) is 0 Å². The molecular formula is C13H19N3O. The van der Waals surface area contributed by atoms with Crippen LogP contribution in [0.4, 0.5) is 0 Å². The first-order valence-electron chi connectivity index (χ1n) is 6.18. The maximum Gasteiger partial charge on any atom is 0.224 e. The van der Waals surface area contributed by atoms with Crippen molar-refractivity contribution in [2.45, 2.75) is 25.8 Å². The van der Waals surface area contributed by atoms with Gasteiger partial charge in [-0.05, 0) is 44.0 Å². The molecule has 0 radical (unpaired) electrons. The van der Waals surface area contributed by atoms with Crippen LogP contribution in [-0.2, 0) is 4.79 Å². The zero-order valence-electron chi connectivity index (χ0n) is 10.1. The van der Waals surface area contributed by atoms with E-state index in [2.05, 4.69) is 15.6 Å². The summed E-state index contributed by atoms with van der Waals surface area (Å²) in [5.74, 6) is 0.273. The lowest BCUT2D eigenvalue weighted by Crippen LogP contribution is -2.41. The van der Waals surface area contributed by atoms with Crippen LogP contribution in [-0.4, -0.2) is 24.0 Å². The van der Waals surface area contributed by atoms with Crippen molar-refractivity contribution < 1.29 is 4.79 Å². The number of hydrogen-bond donors (Lipinski definition) is 2. The number of nitrogens with zero attached hydrogens (tertiary/aromatic N) is 1. The first-order chi connectivity index (χ1) is 8.27. The van der Waals surface area contributed by atoms with Crippen molar-refractivity contribution in [2.75, 3.05) is 13.1 Å². The van der Waals surface area contributed by atoms with Crippen LogP contribution in [0.1, 0.15) is 31.4 Å². The van der Waals surface area contributed by atoms with E-state index in [1.807, 2.05) is 19.1 Å². The smallest absolute Gasteiger partial charge is 0.224 e. The van der Waals surface area contributed by atoms with Crippen LogP contribution in [0.15, 0.2) is 24.5 Å².